The van der Waals surface area contributed by atoms with Crippen LogP contribution in [0.2, 0.25) is 0 Å². The van der Waals surface area contributed by atoms with Crippen molar-refractivity contribution in [2.75, 3.05) is 45.6 Å². The van der Waals surface area contributed by atoms with Gasteiger partial charge in [0.05, 0.1) is 17.3 Å². The summed E-state index contributed by atoms with van der Waals surface area (Å²) in [5, 5.41) is 3.20. The number of ether oxygens (including phenoxy) is 1. The summed E-state index contributed by atoms with van der Waals surface area (Å²) in [7, 11) is -1.53. The predicted molar refractivity (Wildman–Crippen MR) is 93.9 cm³/mol. The van der Waals surface area contributed by atoms with E-state index in [0.29, 0.717) is 11.4 Å². The molecule has 6 nitrogen and oxygen atoms in total. The Balaban J connectivity index is 1.54. The van der Waals surface area contributed by atoms with Crippen molar-refractivity contribution < 1.29 is 13.2 Å². The number of aliphatic imine (C=N–C) groups is 1. The van der Waals surface area contributed by atoms with Crippen LogP contribution in [0.25, 0.3) is 0 Å². The smallest absolute Gasteiger partial charge is 0.193 e. The Hall–Kier alpha value is -1.60. The summed E-state index contributed by atoms with van der Waals surface area (Å²) in [6, 6.07) is 8.57. The van der Waals surface area contributed by atoms with Crippen LogP contribution in [-0.4, -0.2) is 64.9 Å². The van der Waals surface area contributed by atoms with Gasteiger partial charge in [-0.05, 0) is 25.0 Å². The molecule has 1 aromatic carbocycles. The lowest BCUT2D eigenvalue weighted by molar-refractivity contribution is 0.156. The van der Waals surface area contributed by atoms with Gasteiger partial charge in [-0.25, -0.2) is 8.42 Å². The second-order valence-corrected chi connectivity index (χ2v) is 8.69. The Bertz CT molecular complexity index is 682. The van der Waals surface area contributed by atoms with E-state index in [0.717, 1.165) is 45.1 Å². The molecule has 1 N–H and O–H groups in total. The Morgan fingerprint density at radius 1 is 1.33 bits per heavy atom. The fourth-order valence-corrected chi connectivity index (χ4v) is 4.64. The first-order valence-electron chi connectivity index (χ1n) is 8.36. The molecule has 2 aliphatic rings. The summed E-state index contributed by atoms with van der Waals surface area (Å²) in [6.45, 7) is 3.88. The summed E-state index contributed by atoms with van der Waals surface area (Å²) in [5.41, 5.74) is 0.258. The molecule has 0 amide bonds. The lowest BCUT2D eigenvalue weighted by Gasteiger charge is -2.24. The Morgan fingerprint density at radius 2 is 2.12 bits per heavy atom. The van der Waals surface area contributed by atoms with Gasteiger partial charge in [0.1, 0.15) is 0 Å². The summed E-state index contributed by atoms with van der Waals surface area (Å²) in [6.07, 6.45) is 2.21. The molecule has 2 fully saturated rings. The van der Waals surface area contributed by atoms with Gasteiger partial charge in [0.15, 0.2) is 15.8 Å². The number of guanidine groups is 1. The molecule has 2 aliphatic heterocycles. The van der Waals surface area contributed by atoms with Crippen LogP contribution < -0.4 is 5.32 Å². The molecular weight excluding hydrogens is 326 g/mol. The first-order valence-corrected chi connectivity index (χ1v) is 10.0. The molecule has 1 aromatic rings. The molecule has 0 aliphatic carbocycles. The van der Waals surface area contributed by atoms with E-state index in [-0.39, 0.29) is 11.2 Å². The minimum atomic E-state index is -3.27. The van der Waals surface area contributed by atoms with Crippen molar-refractivity contribution in [1.82, 2.24) is 10.2 Å². The number of sulfone groups is 1. The van der Waals surface area contributed by atoms with Crippen molar-refractivity contribution >= 4 is 15.8 Å². The highest BCUT2D eigenvalue weighted by Gasteiger charge is 2.42. The van der Waals surface area contributed by atoms with E-state index < -0.39 is 9.84 Å². The molecule has 132 valence electrons. The summed E-state index contributed by atoms with van der Waals surface area (Å²) in [4.78, 5) is 6.89. The molecule has 0 aromatic heterocycles. The van der Waals surface area contributed by atoms with Gasteiger partial charge in [-0.1, -0.05) is 18.2 Å². The van der Waals surface area contributed by atoms with Gasteiger partial charge in [-0.15, -0.1) is 0 Å². The highest BCUT2D eigenvalue weighted by atomic mass is 32.2. The highest BCUT2D eigenvalue weighted by Crippen LogP contribution is 2.38. The monoisotopic (exact) mass is 351 g/mol. The van der Waals surface area contributed by atoms with Crippen molar-refractivity contribution in [2.45, 2.75) is 17.7 Å². The Kier molecular flexibility index (Phi) is 5.10. The maximum Gasteiger partial charge on any atom is 0.193 e. The van der Waals surface area contributed by atoms with Crippen LogP contribution in [0.1, 0.15) is 12.8 Å². The van der Waals surface area contributed by atoms with Crippen molar-refractivity contribution in [2.24, 2.45) is 10.4 Å². The first-order chi connectivity index (χ1) is 11.5. The van der Waals surface area contributed by atoms with E-state index in [9.17, 15) is 8.42 Å². The average Bonchev–Trinajstić information content (AvgIpc) is 3.23. The lowest BCUT2D eigenvalue weighted by Crippen LogP contribution is -2.43. The molecule has 2 heterocycles. The molecule has 1 spiro atoms. The van der Waals surface area contributed by atoms with Crippen molar-refractivity contribution in [3.8, 4) is 0 Å². The second-order valence-electron chi connectivity index (χ2n) is 6.58. The topological polar surface area (TPSA) is 71.0 Å². The normalized spacial score (nSPS) is 24.7. The average molecular weight is 351 g/mol. The van der Waals surface area contributed by atoms with Crippen LogP contribution in [0.15, 0.2) is 40.2 Å². The van der Waals surface area contributed by atoms with Gasteiger partial charge in [0.25, 0.3) is 0 Å². The maximum absolute atomic E-state index is 12.3. The molecule has 24 heavy (non-hydrogen) atoms. The Labute approximate surface area is 143 Å². The molecular formula is C17H25N3O3S. The molecule has 0 saturated carbocycles. The minimum absolute atomic E-state index is 0.0537. The SMILES string of the molecule is CN=C(NCCS(=O)(=O)c1ccccc1)N1CCC2(CCOC2)C1. The van der Waals surface area contributed by atoms with Crippen LogP contribution in [0.4, 0.5) is 0 Å². The van der Waals surface area contributed by atoms with Gasteiger partial charge >= 0.3 is 0 Å². The van der Waals surface area contributed by atoms with Gasteiger partial charge in [0, 0.05) is 38.7 Å². The van der Waals surface area contributed by atoms with Gasteiger partial charge in [-0.3, -0.25) is 4.99 Å². The van der Waals surface area contributed by atoms with Crippen molar-refractivity contribution in [3.63, 3.8) is 0 Å². The number of hydrogen-bond donors (Lipinski definition) is 1. The van der Waals surface area contributed by atoms with Gasteiger partial charge in [0.2, 0.25) is 0 Å². The van der Waals surface area contributed by atoms with E-state index in [1.165, 1.54) is 0 Å². The number of benzene rings is 1. The van der Waals surface area contributed by atoms with Crippen molar-refractivity contribution in [1.29, 1.82) is 0 Å². The molecule has 1 unspecified atom stereocenters. The number of nitrogens with one attached hydrogen (secondary N) is 1. The molecule has 0 bridgehead atoms. The summed E-state index contributed by atoms with van der Waals surface area (Å²) < 4.78 is 30.2. The van der Waals surface area contributed by atoms with E-state index in [2.05, 4.69) is 15.2 Å². The zero-order valence-corrected chi connectivity index (χ0v) is 14.9. The third-order valence-corrected chi connectivity index (χ3v) is 6.62. The van der Waals surface area contributed by atoms with Crippen LogP contribution in [0.5, 0.6) is 0 Å². The predicted octanol–water partition coefficient (Wildman–Crippen LogP) is 1.15. The van der Waals surface area contributed by atoms with Crippen LogP contribution >= 0.6 is 0 Å². The lowest BCUT2D eigenvalue weighted by atomic mass is 9.87. The third-order valence-electron chi connectivity index (χ3n) is 4.89. The molecule has 1 atom stereocenters. The molecule has 2 saturated heterocycles. The zero-order valence-electron chi connectivity index (χ0n) is 14.1. The van der Waals surface area contributed by atoms with E-state index in [1.807, 2.05) is 6.07 Å². The van der Waals surface area contributed by atoms with Gasteiger partial charge in [-0.2, -0.15) is 0 Å². The first kappa shape index (κ1) is 17.2. The molecule has 7 heteroatoms. The summed E-state index contributed by atoms with van der Waals surface area (Å²) in [5.74, 6) is 0.833. The third kappa shape index (κ3) is 3.72. The Morgan fingerprint density at radius 3 is 2.79 bits per heavy atom. The maximum atomic E-state index is 12.3. The number of hydrogen-bond acceptors (Lipinski definition) is 4. The number of likely N-dealkylation sites (tertiary alicyclic amines) is 1. The van der Waals surface area contributed by atoms with E-state index in [1.54, 1.807) is 31.3 Å². The van der Waals surface area contributed by atoms with Crippen LogP contribution in [0.3, 0.4) is 0 Å². The fourth-order valence-electron chi connectivity index (χ4n) is 3.46. The zero-order chi connectivity index (χ0) is 17.0. The number of nitrogens with zero attached hydrogens (tertiary/aromatic N) is 2. The largest absolute Gasteiger partial charge is 0.381 e. The quantitative estimate of drug-likeness (QED) is 0.651. The van der Waals surface area contributed by atoms with E-state index >= 15 is 0 Å². The van der Waals surface area contributed by atoms with Crippen LogP contribution in [-0.2, 0) is 14.6 Å². The summed E-state index contributed by atoms with van der Waals surface area (Å²) >= 11 is 0. The van der Waals surface area contributed by atoms with Crippen molar-refractivity contribution in [3.05, 3.63) is 30.3 Å². The van der Waals surface area contributed by atoms with E-state index in [4.69, 9.17) is 4.74 Å². The fraction of sp³-hybridized carbons (Fsp3) is 0.588. The molecule has 0 radical (unpaired) electrons. The minimum Gasteiger partial charge on any atom is -0.381 e. The van der Waals surface area contributed by atoms with Gasteiger partial charge < -0.3 is 15.0 Å². The van der Waals surface area contributed by atoms with Crippen LogP contribution in [0, 0.1) is 5.41 Å². The molecule has 3 rings (SSSR count). The second kappa shape index (κ2) is 7.11. The number of rotatable bonds is 4. The standard InChI is InChI=1S/C17H25N3O3S/c1-18-16(20-10-7-17(13-20)8-11-23-14-17)19-9-12-24(21,22)15-5-3-2-4-6-15/h2-6H,7-14H2,1H3,(H,18,19). The highest BCUT2D eigenvalue weighted by molar-refractivity contribution is 7.91.